The second-order valence-corrected chi connectivity index (χ2v) is 15.3. The van der Waals surface area contributed by atoms with Gasteiger partial charge in [0.15, 0.2) is 0 Å². The van der Waals surface area contributed by atoms with Gasteiger partial charge in [-0.15, -0.1) is 0 Å². The molecule has 12 rings (SSSR count). The molecule has 0 spiro atoms. The van der Waals surface area contributed by atoms with Crippen molar-refractivity contribution in [2.24, 2.45) is 0 Å². The molecule has 9 aromatic carbocycles. The molecule has 2 aromatic heterocycles. The molecule has 0 bridgehead atoms. The SMILES string of the molecule is c1ccc(C2Nc3c(ccc4ccc5cc(-n6c7cc8c(cc7c7c9ccccc9ccc76)c6ccccc6n8-c6ccccc6)ccc5c34)S2)cc1. The fourth-order valence-electron chi connectivity index (χ4n) is 8.95. The number of anilines is 1. The van der Waals surface area contributed by atoms with Crippen LogP contribution < -0.4 is 5.32 Å². The minimum absolute atomic E-state index is 0.196. The maximum atomic E-state index is 3.90. The van der Waals surface area contributed by atoms with Gasteiger partial charge in [0, 0.05) is 43.2 Å². The highest BCUT2D eigenvalue weighted by molar-refractivity contribution is 8.00. The highest BCUT2D eigenvalue weighted by Gasteiger charge is 2.26. The Morgan fingerprint density at radius 1 is 0.396 bits per heavy atom. The fraction of sp³-hybridized carbons (Fsp3) is 0.0204. The van der Waals surface area contributed by atoms with E-state index in [4.69, 9.17) is 0 Å². The fourth-order valence-corrected chi connectivity index (χ4v) is 10.1. The lowest BCUT2D eigenvalue weighted by molar-refractivity contribution is 1.14. The predicted molar refractivity (Wildman–Crippen MR) is 226 cm³/mol. The summed E-state index contributed by atoms with van der Waals surface area (Å²) in [6, 6.07) is 64.8. The normalized spacial score (nSPS) is 14.3. The number of hydrogen-bond donors (Lipinski definition) is 1. The minimum Gasteiger partial charge on any atom is -0.368 e. The van der Waals surface area contributed by atoms with Crippen LogP contribution >= 0.6 is 11.8 Å². The van der Waals surface area contributed by atoms with Crippen molar-refractivity contribution >= 4 is 93.4 Å². The molecule has 53 heavy (non-hydrogen) atoms. The monoisotopic (exact) mass is 693 g/mol. The van der Waals surface area contributed by atoms with Crippen molar-refractivity contribution in [1.82, 2.24) is 9.13 Å². The molecular formula is C49H31N3S. The largest absolute Gasteiger partial charge is 0.368 e. The van der Waals surface area contributed by atoms with Gasteiger partial charge in [-0.05, 0) is 87.1 Å². The first kappa shape index (κ1) is 29.1. The standard InChI is InChI=1S/C49H31N3S/c1-3-12-32(13-4-1)49-50-48-45(53-49)26-22-31-19-20-33-27-35(23-24-37(33)46(31)48)52-42-25-21-30-11-7-8-16-36(30)47(42)40-28-39-38-17-9-10-18-41(38)51(43(39)29-44(40)52)34-14-5-2-6-15-34/h1-29,49-50H. The summed E-state index contributed by atoms with van der Waals surface area (Å²) in [5.41, 5.74) is 9.69. The molecule has 0 radical (unpaired) electrons. The Bertz CT molecular complexity index is 3280. The van der Waals surface area contributed by atoms with E-state index >= 15 is 0 Å². The van der Waals surface area contributed by atoms with Gasteiger partial charge >= 0.3 is 0 Å². The molecule has 1 unspecified atom stereocenters. The minimum atomic E-state index is 0.196. The lowest BCUT2D eigenvalue weighted by Crippen LogP contribution is -2.01. The van der Waals surface area contributed by atoms with E-state index in [1.807, 2.05) is 11.8 Å². The molecule has 3 heterocycles. The van der Waals surface area contributed by atoms with Crippen molar-refractivity contribution in [3.05, 3.63) is 181 Å². The molecule has 1 aliphatic rings. The van der Waals surface area contributed by atoms with Gasteiger partial charge in [0.25, 0.3) is 0 Å². The van der Waals surface area contributed by atoms with Crippen LogP contribution in [0, 0.1) is 0 Å². The van der Waals surface area contributed by atoms with Crippen LogP contribution in [0.25, 0.3) is 87.3 Å². The molecule has 4 heteroatoms. The third-order valence-electron chi connectivity index (χ3n) is 11.3. The number of nitrogens with one attached hydrogen (secondary N) is 1. The molecule has 0 aliphatic carbocycles. The maximum absolute atomic E-state index is 3.90. The number of rotatable bonds is 3. The van der Waals surface area contributed by atoms with Gasteiger partial charge in [-0.25, -0.2) is 0 Å². The van der Waals surface area contributed by atoms with Crippen LogP contribution in [-0.4, -0.2) is 9.13 Å². The van der Waals surface area contributed by atoms with Gasteiger partial charge in [-0.3, -0.25) is 0 Å². The molecule has 3 nitrogen and oxygen atoms in total. The van der Waals surface area contributed by atoms with Gasteiger partial charge in [0.05, 0.1) is 27.8 Å². The van der Waals surface area contributed by atoms with E-state index in [0.717, 1.165) is 11.4 Å². The molecule has 1 N–H and O–H groups in total. The van der Waals surface area contributed by atoms with E-state index in [0.29, 0.717) is 0 Å². The molecular weight excluding hydrogens is 663 g/mol. The van der Waals surface area contributed by atoms with Crippen LogP contribution in [0.1, 0.15) is 10.9 Å². The molecule has 0 fully saturated rings. The smallest absolute Gasteiger partial charge is 0.103 e. The molecule has 1 aliphatic heterocycles. The highest BCUT2D eigenvalue weighted by Crippen LogP contribution is 2.51. The Labute approximate surface area is 309 Å². The molecule has 0 saturated carbocycles. The van der Waals surface area contributed by atoms with Crippen LogP contribution in [0.5, 0.6) is 0 Å². The summed E-state index contributed by atoms with van der Waals surface area (Å²) in [6.07, 6.45) is 0. The number of nitrogens with zero attached hydrogens (tertiary/aromatic N) is 2. The third kappa shape index (κ3) is 4.18. The van der Waals surface area contributed by atoms with E-state index in [9.17, 15) is 0 Å². The number of fused-ring (bicyclic) bond motifs is 13. The molecule has 11 aromatic rings. The first-order chi connectivity index (χ1) is 26.3. The summed E-state index contributed by atoms with van der Waals surface area (Å²) < 4.78 is 4.91. The maximum Gasteiger partial charge on any atom is 0.103 e. The summed E-state index contributed by atoms with van der Waals surface area (Å²) in [5, 5.41) is 16.8. The summed E-state index contributed by atoms with van der Waals surface area (Å²) in [4.78, 5) is 1.30. The van der Waals surface area contributed by atoms with Gasteiger partial charge in [0.1, 0.15) is 5.37 Å². The molecule has 1 atom stereocenters. The van der Waals surface area contributed by atoms with Gasteiger partial charge in [-0.2, -0.15) is 0 Å². The van der Waals surface area contributed by atoms with Crippen LogP contribution in [-0.2, 0) is 0 Å². The Morgan fingerprint density at radius 3 is 1.96 bits per heavy atom. The first-order valence-electron chi connectivity index (χ1n) is 18.2. The topological polar surface area (TPSA) is 21.9 Å². The van der Waals surface area contributed by atoms with Crippen molar-refractivity contribution in [3.63, 3.8) is 0 Å². The highest BCUT2D eigenvalue weighted by atomic mass is 32.2. The predicted octanol–water partition coefficient (Wildman–Crippen LogP) is 13.6. The zero-order valence-electron chi connectivity index (χ0n) is 28.6. The van der Waals surface area contributed by atoms with E-state index in [1.165, 1.54) is 92.1 Å². The molecule has 0 amide bonds. The van der Waals surface area contributed by atoms with Gasteiger partial charge in [0.2, 0.25) is 0 Å². The van der Waals surface area contributed by atoms with Crippen LogP contribution in [0.15, 0.2) is 181 Å². The van der Waals surface area contributed by atoms with Crippen LogP contribution in [0.4, 0.5) is 5.69 Å². The zero-order chi connectivity index (χ0) is 34.6. The van der Waals surface area contributed by atoms with Crippen molar-refractivity contribution < 1.29 is 0 Å². The third-order valence-corrected chi connectivity index (χ3v) is 12.5. The lowest BCUT2D eigenvalue weighted by Gasteiger charge is -2.14. The summed E-state index contributed by atoms with van der Waals surface area (Å²) >= 11 is 1.90. The van der Waals surface area contributed by atoms with Crippen molar-refractivity contribution in [2.75, 3.05) is 5.32 Å². The van der Waals surface area contributed by atoms with Crippen LogP contribution in [0.3, 0.4) is 0 Å². The van der Waals surface area contributed by atoms with E-state index in [1.54, 1.807) is 0 Å². The number of hydrogen-bond acceptors (Lipinski definition) is 2. The number of para-hydroxylation sites is 2. The van der Waals surface area contributed by atoms with Gasteiger partial charge in [-0.1, -0.05) is 133 Å². The first-order valence-corrected chi connectivity index (χ1v) is 19.1. The Kier molecular flexibility index (Phi) is 6.05. The number of aromatic nitrogens is 2. The number of benzene rings is 9. The molecule has 248 valence electrons. The average molecular weight is 694 g/mol. The summed E-state index contributed by atoms with van der Waals surface area (Å²) in [6.45, 7) is 0. The van der Waals surface area contributed by atoms with Gasteiger partial charge < -0.3 is 14.5 Å². The Morgan fingerprint density at radius 2 is 1.08 bits per heavy atom. The quantitative estimate of drug-likeness (QED) is 0.186. The van der Waals surface area contributed by atoms with E-state index in [2.05, 4.69) is 190 Å². The number of thioether (sulfide) groups is 1. The van der Waals surface area contributed by atoms with Crippen molar-refractivity contribution in [1.29, 1.82) is 0 Å². The van der Waals surface area contributed by atoms with E-state index in [-0.39, 0.29) is 5.37 Å². The molecule has 0 saturated heterocycles. The Hall–Kier alpha value is -6.49. The summed E-state index contributed by atoms with van der Waals surface area (Å²) in [7, 11) is 0. The van der Waals surface area contributed by atoms with Crippen molar-refractivity contribution in [3.8, 4) is 11.4 Å². The summed E-state index contributed by atoms with van der Waals surface area (Å²) in [5.74, 6) is 0. The Balaban J connectivity index is 1.14. The van der Waals surface area contributed by atoms with E-state index < -0.39 is 0 Å². The van der Waals surface area contributed by atoms with Crippen molar-refractivity contribution in [2.45, 2.75) is 10.3 Å². The lowest BCUT2D eigenvalue weighted by atomic mass is 9.99. The zero-order valence-corrected chi connectivity index (χ0v) is 29.4. The second-order valence-electron chi connectivity index (χ2n) is 14.2. The van der Waals surface area contributed by atoms with Crippen LogP contribution in [0.2, 0.25) is 0 Å². The second kappa shape index (κ2) is 11.0. The average Bonchev–Trinajstić information content (AvgIpc) is 3.90.